The van der Waals surface area contributed by atoms with E-state index in [1.54, 1.807) is 6.92 Å². The van der Waals surface area contributed by atoms with E-state index in [0.29, 0.717) is 12.2 Å². The van der Waals surface area contributed by atoms with Crippen molar-refractivity contribution in [1.82, 2.24) is 5.32 Å². The van der Waals surface area contributed by atoms with E-state index in [0.717, 1.165) is 25.8 Å². The predicted octanol–water partition coefficient (Wildman–Crippen LogP) is 2.12. The summed E-state index contributed by atoms with van der Waals surface area (Å²) >= 11 is 0. The number of rotatable bonds is 5. The van der Waals surface area contributed by atoms with Crippen LogP contribution in [0.25, 0.3) is 0 Å². The fourth-order valence-electron chi connectivity index (χ4n) is 2.56. The van der Waals surface area contributed by atoms with E-state index >= 15 is 0 Å². The van der Waals surface area contributed by atoms with Gasteiger partial charge >= 0.3 is 0 Å². The molecule has 1 unspecified atom stereocenters. The Balaban J connectivity index is 2.14. The van der Waals surface area contributed by atoms with Crippen molar-refractivity contribution in [2.45, 2.75) is 32.2 Å². The topological polar surface area (TPSA) is 49.4 Å². The molecule has 2 rings (SSSR count). The number of hydrogen-bond acceptors (Lipinski definition) is 3. The third-order valence-electron chi connectivity index (χ3n) is 3.56. The summed E-state index contributed by atoms with van der Waals surface area (Å²) in [6.45, 7) is 3.01. The Kier molecular flexibility index (Phi) is 4.99. The van der Waals surface area contributed by atoms with Crippen molar-refractivity contribution in [2.24, 2.45) is 0 Å². The molecule has 0 spiro atoms. The zero-order chi connectivity index (χ0) is 14.6. The summed E-state index contributed by atoms with van der Waals surface area (Å²) in [6.07, 6.45) is 3.06. The highest BCUT2D eigenvalue weighted by Crippen LogP contribution is 2.20. The van der Waals surface area contributed by atoms with Crippen LogP contribution in [0.2, 0.25) is 0 Å². The monoisotopic (exact) mass is 300 g/mol. The Labute approximate surface area is 120 Å². The van der Waals surface area contributed by atoms with Crippen LogP contribution >= 0.6 is 0 Å². The van der Waals surface area contributed by atoms with Crippen LogP contribution in [-0.2, 0) is 10.0 Å². The van der Waals surface area contributed by atoms with Gasteiger partial charge in [-0.05, 0) is 50.6 Å². The molecule has 0 saturated carbocycles. The minimum absolute atomic E-state index is 0.0169. The second kappa shape index (κ2) is 6.54. The van der Waals surface area contributed by atoms with E-state index < -0.39 is 10.0 Å². The van der Waals surface area contributed by atoms with Crippen molar-refractivity contribution in [1.29, 1.82) is 0 Å². The molecule has 0 bridgehead atoms. The number of sulfonamides is 1. The molecule has 0 aliphatic carbocycles. The van der Waals surface area contributed by atoms with Crippen molar-refractivity contribution in [3.8, 4) is 0 Å². The van der Waals surface area contributed by atoms with Crippen LogP contribution in [0, 0.1) is 5.82 Å². The van der Waals surface area contributed by atoms with E-state index in [4.69, 9.17) is 0 Å². The molecular weight excluding hydrogens is 279 g/mol. The Hall–Kier alpha value is -1.14. The Morgan fingerprint density at radius 3 is 2.55 bits per heavy atom. The van der Waals surface area contributed by atoms with Crippen molar-refractivity contribution in [3.63, 3.8) is 0 Å². The quantitative estimate of drug-likeness (QED) is 0.906. The maximum Gasteiger partial charge on any atom is 0.236 e. The summed E-state index contributed by atoms with van der Waals surface area (Å²) in [5, 5.41) is 3.25. The maximum atomic E-state index is 12.9. The van der Waals surface area contributed by atoms with Crippen LogP contribution in [0.5, 0.6) is 0 Å². The molecule has 4 nitrogen and oxygen atoms in total. The summed E-state index contributed by atoms with van der Waals surface area (Å²) in [5.41, 5.74) is 0.518. The maximum absolute atomic E-state index is 12.9. The van der Waals surface area contributed by atoms with Gasteiger partial charge in [0.1, 0.15) is 5.82 Å². The molecule has 0 amide bonds. The first kappa shape index (κ1) is 15.3. The number of hydrogen-bond donors (Lipinski definition) is 1. The predicted molar refractivity (Wildman–Crippen MR) is 78.8 cm³/mol. The van der Waals surface area contributed by atoms with Gasteiger partial charge in [-0.25, -0.2) is 12.8 Å². The summed E-state index contributed by atoms with van der Waals surface area (Å²) < 4.78 is 39.3. The molecule has 1 saturated heterocycles. The molecule has 112 valence electrons. The minimum Gasteiger partial charge on any atom is -0.313 e. The van der Waals surface area contributed by atoms with Gasteiger partial charge in [-0.15, -0.1) is 0 Å². The number of piperidine rings is 1. The molecular formula is C14H21FN2O2S. The van der Waals surface area contributed by atoms with Crippen LogP contribution in [-0.4, -0.2) is 33.3 Å². The van der Waals surface area contributed by atoms with E-state index in [1.807, 2.05) is 0 Å². The van der Waals surface area contributed by atoms with Crippen LogP contribution in [0.4, 0.5) is 10.1 Å². The molecule has 1 heterocycles. The fourth-order valence-corrected chi connectivity index (χ4v) is 4.37. The highest BCUT2D eigenvalue weighted by atomic mass is 32.2. The standard InChI is InChI=1S/C14H21FN2O2S/c1-2-17(14-8-6-12(15)7-9-14)20(18,19)11-13-5-3-4-10-16-13/h6-9,13,16H,2-5,10-11H2,1H3. The van der Waals surface area contributed by atoms with Gasteiger partial charge in [0.05, 0.1) is 11.4 Å². The van der Waals surface area contributed by atoms with Crippen LogP contribution in [0.3, 0.4) is 0 Å². The van der Waals surface area contributed by atoms with E-state index in [9.17, 15) is 12.8 Å². The van der Waals surface area contributed by atoms with Gasteiger partial charge in [-0.3, -0.25) is 4.31 Å². The molecule has 1 aromatic rings. The lowest BCUT2D eigenvalue weighted by Gasteiger charge is -2.28. The highest BCUT2D eigenvalue weighted by molar-refractivity contribution is 7.92. The third-order valence-corrected chi connectivity index (χ3v) is 5.53. The molecule has 0 aromatic heterocycles. The normalized spacial score (nSPS) is 19.8. The van der Waals surface area contributed by atoms with Gasteiger partial charge in [-0.1, -0.05) is 6.42 Å². The van der Waals surface area contributed by atoms with Gasteiger partial charge in [0.15, 0.2) is 0 Å². The molecule has 1 aliphatic rings. The molecule has 20 heavy (non-hydrogen) atoms. The molecule has 1 aromatic carbocycles. The lowest BCUT2D eigenvalue weighted by atomic mass is 10.1. The Bertz CT molecular complexity index is 525. The largest absolute Gasteiger partial charge is 0.313 e. The van der Waals surface area contributed by atoms with Crippen molar-refractivity contribution >= 4 is 15.7 Å². The van der Waals surface area contributed by atoms with Crippen molar-refractivity contribution in [3.05, 3.63) is 30.1 Å². The second-order valence-corrected chi connectivity index (χ2v) is 7.00. The van der Waals surface area contributed by atoms with Crippen molar-refractivity contribution in [2.75, 3.05) is 23.1 Å². The van der Waals surface area contributed by atoms with E-state index in [1.165, 1.54) is 28.6 Å². The first-order chi connectivity index (χ1) is 9.53. The van der Waals surface area contributed by atoms with Gasteiger partial charge in [0, 0.05) is 12.6 Å². The lowest BCUT2D eigenvalue weighted by Crippen LogP contribution is -2.44. The first-order valence-corrected chi connectivity index (χ1v) is 8.63. The number of benzene rings is 1. The molecule has 6 heteroatoms. The summed E-state index contributed by atoms with van der Waals surface area (Å²) in [7, 11) is -3.39. The van der Waals surface area contributed by atoms with E-state index in [2.05, 4.69) is 5.32 Å². The number of nitrogens with zero attached hydrogens (tertiary/aromatic N) is 1. The SMILES string of the molecule is CCN(c1ccc(F)cc1)S(=O)(=O)CC1CCCCN1. The third kappa shape index (κ3) is 3.70. The Morgan fingerprint density at radius 2 is 2.00 bits per heavy atom. The second-order valence-electron chi connectivity index (χ2n) is 5.07. The highest BCUT2D eigenvalue weighted by Gasteiger charge is 2.26. The van der Waals surface area contributed by atoms with Gasteiger partial charge in [0.25, 0.3) is 0 Å². The molecule has 0 radical (unpaired) electrons. The van der Waals surface area contributed by atoms with Crippen LogP contribution in [0.1, 0.15) is 26.2 Å². The number of anilines is 1. The summed E-state index contributed by atoms with van der Waals surface area (Å²) in [6, 6.07) is 5.59. The average Bonchev–Trinajstić information content (AvgIpc) is 2.42. The zero-order valence-electron chi connectivity index (χ0n) is 11.7. The average molecular weight is 300 g/mol. The Morgan fingerprint density at radius 1 is 1.30 bits per heavy atom. The minimum atomic E-state index is -3.39. The number of halogens is 1. The number of nitrogens with one attached hydrogen (secondary N) is 1. The van der Waals surface area contributed by atoms with Crippen molar-refractivity contribution < 1.29 is 12.8 Å². The lowest BCUT2D eigenvalue weighted by molar-refractivity contribution is 0.423. The summed E-state index contributed by atoms with van der Waals surface area (Å²) in [4.78, 5) is 0. The smallest absolute Gasteiger partial charge is 0.236 e. The molecule has 1 atom stereocenters. The van der Waals surface area contributed by atoms with Gasteiger partial charge < -0.3 is 5.32 Å². The van der Waals surface area contributed by atoms with Gasteiger partial charge in [0.2, 0.25) is 10.0 Å². The molecule has 1 fully saturated rings. The summed E-state index contributed by atoms with van der Waals surface area (Å²) in [5.74, 6) is -0.269. The first-order valence-electron chi connectivity index (χ1n) is 7.02. The van der Waals surface area contributed by atoms with Gasteiger partial charge in [-0.2, -0.15) is 0 Å². The van der Waals surface area contributed by atoms with Crippen LogP contribution in [0.15, 0.2) is 24.3 Å². The molecule has 1 aliphatic heterocycles. The zero-order valence-corrected chi connectivity index (χ0v) is 12.5. The molecule has 1 N–H and O–H groups in total. The van der Waals surface area contributed by atoms with Crippen LogP contribution < -0.4 is 9.62 Å². The van der Waals surface area contributed by atoms with E-state index in [-0.39, 0.29) is 17.6 Å². The fraction of sp³-hybridized carbons (Fsp3) is 0.571.